The van der Waals surface area contributed by atoms with Crippen molar-refractivity contribution < 1.29 is 9.52 Å². The molecular weight excluding hydrogens is 290 g/mol. The Morgan fingerprint density at radius 1 is 1.43 bits per heavy atom. The van der Waals surface area contributed by atoms with Gasteiger partial charge in [0.05, 0.1) is 22.2 Å². The average Bonchev–Trinajstić information content (AvgIpc) is 2.95. The van der Waals surface area contributed by atoms with Crippen LogP contribution in [-0.4, -0.2) is 33.5 Å². The molecule has 0 bridgehead atoms. The first-order chi connectivity index (χ1) is 9.88. The number of aryl methyl sites for hydroxylation is 1. The molecule has 0 radical (unpaired) electrons. The molecule has 3 rings (SSSR count). The SMILES string of the molecule is Cc1nnc(-c2ccc(N3CC[C@](C)(O)[C@@H]3C)cc2Cl)o1. The first-order valence-corrected chi connectivity index (χ1v) is 7.35. The summed E-state index contributed by atoms with van der Waals surface area (Å²) in [5.41, 5.74) is 1.04. The first-order valence-electron chi connectivity index (χ1n) is 6.97. The predicted molar refractivity (Wildman–Crippen MR) is 81.5 cm³/mol. The van der Waals surface area contributed by atoms with E-state index in [9.17, 15) is 5.11 Å². The molecule has 2 aromatic rings. The van der Waals surface area contributed by atoms with Crippen molar-refractivity contribution in [2.24, 2.45) is 0 Å². The minimum atomic E-state index is -0.672. The highest BCUT2D eigenvalue weighted by molar-refractivity contribution is 6.33. The van der Waals surface area contributed by atoms with Crippen molar-refractivity contribution in [2.45, 2.75) is 38.8 Å². The molecule has 0 unspecified atom stereocenters. The molecule has 1 aromatic carbocycles. The Balaban J connectivity index is 1.92. The summed E-state index contributed by atoms with van der Waals surface area (Å²) in [5, 5.41) is 18.7. The molecule has 21 heavy (non-hydrogen) atoms. The molecule has 1 aliphatic heterocycles. The van der Waals surface area contributed by atoms with E-state index in [2.05, 4.69) is 15.1 Å². The topological polar surface area (TPSA) is 62.4 Å². The predicted octanol–water partition coefficient (Wildman–Crippen LogP) is 3.05. The highest BCUT2D eigenvalue weighted by Crippen LogP contribution is 2.36. The third-order valence-electron chi connectivity index (χ3n) is 4.27. The number of hydrogen-bond donors (Lipinski definition) is 1. The van der Waals surface area contributed by atoms with E-state index in [4.69, 9.17) is 16.0 Å². The Labute approximate surface area is 128 Å². The van der Waals surface area contributed by atoms with Gasteiger partial charge in [0.1, 0.15) is 0 Å². The van der Waals surface area contributed by atoms with Crippen LogP contribution in [0, 0.1) is 6.92 Å². The molecule has 0 saturated carbocycles. The first kappa shape index (κ1) is 14.4. The van der Waals surface area contributed by atoms with Gasteiger partial charge in [-0.25, -0.2) is 0 Å². The molecular formula is C15H18ClN3O2. The van der Waals surface area contributed by atoms with Gasteiger partial charge in [-0.05, 0) is 38.5 Å². The van der Waals surface area contributed by atoms with E-state index < -0.39 is 5.60 Å². The molecule has 1 saturated heterocycles. The van der Waals surface area contributed by atoms with Gasteiger partial charge in [0.15, 0.2) is 0 Å². The Morgan fingerprint density at radius 2 is 2.19 bits per heavy atom. The summed E-state index contributed by atoms with van der Waals surface area (Å²) in [5.74, 6) is 0.930. The van der Waals surface area contributed by atoms with Crippen LogP contribution in [0.3, 0.4) is 0 Å². The average molecular weight is 308 g/mol. The van der Waals surface area contributed by atoms with Gasteiger partial charge >= 0.3 is 0 Å². The summed E-state index contributed by atoms with van der Waals surface area (Å²) in [6, 6.07) is 5.78. The van der Waals surface area contributed by atoms with Crippen LogP contribution < -0.4 is 4.90 Å². The summed E-state index contributed by atoms with van der Waals surface area (Å²) in [4.78, 5) is 2.16. The van der Waals surface area contributed by atoms with Crippen LogP contribution in [0.2, 0.25) is 5.02 Å². The zero-order valence-corrected chi connectivity index (χ0v) is 13.1. The Morgan fingerprint density at radius 3 is 2.71 bits per heavy atom. The molecule has 0 amide bonds. The van der Waals surface area contributed by atoms with E-state index >= 15 is 0 Å². The number of halogens is 1. The van der Waals surface area contributed by atoms with Crippen LogP contribution in [0.1, 0.15) is 26.2 Å². The molecule has 0 aliphatic carbocycles. The van der Waals surface area contributed by atoms with E-state index in [1.54, 1.807) is 6.92 Å². The maximum Gasteiger partial charge on any atom is 0.249 e. The second-order valence-electron chi connectivity index (χ2n) is 5.77. The molecule has 0 spiro atoms. The third-order valence-corrected chi connectivity index (χ3v) is 4.58. The number of aliphatic hydroxyl groups is 1. The monoisotopic (exact) mass is 307 g/mol. The van der Waals surface area contributed by atoms with E-state index in [0.717, 1.165) is 24.2 Å². The molecule has 5 nitrogen and oxygen atoms in total. The third kappa shape index (κ3) is 2.51. The summed E-state index contributed by atoms with van der Waals surface area (Å²) >= 11 is 6.35. The number of anilines is 1. The van der Waals surface area contributed by atoms with Crippen LogP contribution in [0.25, 0.3) is 11.5 Å². The van der Waals surface area contributed by atoms with Crippen molar-refractivity contribution in [3.8, 4) is 11.5 Å². The Bertz CT molecular complexity index is 669. The standard InChI is InChI=1S/C15H18ClN3O2/c1-9-15(3,20)6-7-19(9)11-4-5-12(13(16)8-11)14-18-17-10(2)21-14/h4-5,8-9,20H,6-7H2,1-3H3/t9-,15-/m0/s1. The van der Waals surface area contributed by atoms with Crippen molar-refractivity contribution in [2.75, 3.05) is 11.4 Å². The highest BCUT2D eigenvalue weighted by Gasteiger charge is 2.39. The Kier molecular flexibility index (Phi) is 3.42. The fraction of sp³-hybridized carbons (Fsp3) is 0.467. The molecule has 1 fully saturated rings. The van der Waals surface area contributed by atoms with Gasteiger partial charge in [-0.1, -0.05) is 11.6 Å². The van der Waals surface area contributed by atoms with Gasteiger partial charge in [0.2, 0.25) is 11.8 Å². The van der Waals surface area contributed by atoms with Crippen molar-refractivity contribution in [1.82, 2.24) is 10.2 Å². The molecule has 2 atom stereocenters. The number of aromatic nitrogens is 2. The quantitative estimate of drug-likeness (QED) is 0.924. The molecule has 112 valence electrons. The number of benzene rings is 1. The lowest BCUT2D eigenvalue weighted by Crippen LogP contribution is -2.40. The van der Waals surface area contributed by atoms with Gasteiger partial charge < -0.3 is 14.4 Å². The van der Waals surface area contributed by atoms with E-state index in [-0.39, 0.29) is 6.04 Å². The zero-order chi connectivity index (χ0) is 15.2. The lowest BCUT2D eigenvalue weighted by atomic mass is 9.99. The highest BCUT2D eigenvalue weighted by atomic mass is 35.5. The molecule has 1 aliphatic rings. The fourth-order valence-electron chi connectivity index (χ4n) is 2.70. The summed E-state index contributed by atoms with van der Waals surface area (Å²) < 4.78 is 5.41. The van der Waals surface area contributed by atoms with E-state index in [0.29, 0.717) is 16.8 Å². The zero-order valence-electron chi connectivity index (χ0n) is 12.3. The fourth-order valence-corrected chi connectivity index (χ4v) is 2.95. The molecule has 1 N–H and O–H groups in total. The van der Waals surface area contributed by atoms with Crippen molar-refractivity contribution in [3.05, 3.63) is 29.1 Å². The smallest absolute Gasteiger partial charge is 0.249 e. The number of rotatable bonds is 2. The van der Waals surface area contributed by atoms with Gasteiger partial charge in [-0.3, -0.25) is 0 Å². The maximum absolute atomic E-state index is 10.3. The van der Waals surface area contributed by atoms with Gasteiger partial charge in [0, 0.05) is 19.2 Å². The lowest BCUT2D eigenvalue weighted by molar-refractivity contribution is 0.0566. The minimum absolute atomic E-state index is 0.0464. The van der Waals surface area contributed by atoms with Crippen molar-refractivity contribution >= 4 is 17.3 Å². The van der Waals surface area contributed by atoms with Gasteiger partial charge in [-0.2, -0.15) is 0 Å². The van der Waals surface area contributed by atoms with Crippen LogP contribution in [0.15, 0.2) is 22.6 Å². The van der Waals surface area contributed by atoms with Crippen LogP contribution in [0.4, 0.5) is 5.69 Å². The second-order valence-corrected chi connectivity index (χ2v) is 6.17. The van der Waals surface area contributed by atoms with Gasteiger partial charge in [0.25, 0.3) is 0 Å². The maximum atomic E-state index is 10.3. The summed E-state index contributed by atoms with van der Waals surface area (Å²) in [6.45, 7) is 6.45. The van der Waals surface area contributed by atoms with Crippen molar-refractivity contribution in [1.29, 1.82) is 0 Å². The molecule has 2 heterocycles. The molecule has 1 aromatic heterocycles. The van der Waals surface area contributed by atoms with Gasteiger partial charge in [-0.15, -0.1) is 10.2 Å². The van der Waals surface area contributed by atoms with Crippen LogP contribution >= 0.6 is 11.6 Å². The lowest BCUT2D eigenvalue weighted by Gasteiger charge is -2.30. The summed E-state index contributed by atoms with van der Waals surface area (Å²) in [7, 11) is 0. The molecule has 6 heteroatoms. The Hall–Kier alpha value is -1.59. The van der Waals surface area contributed by atoms with Crippen LogP contribution in [0.5, 0.6) is 0 Å². The van der Waals surface area contributed by atoms with E-state index in [1.165, 1.54) is 0 Å². The minimum Gasteiger partial charge on any atom is -0.421 e. The second kappa shape index (κ2) is 5.00. The van der Waals surface area contributed by atoms with Crippen molar-refractivity contribution in [3.63, 3.8) is 0 Å². The van der Waals surface area contributed by atoms with Crippen LogP contribution in [-0.2, 0) is 0 Å². The normalized spacial score (nSPS) is 25.6. The number of nitrogens with zero attached hydrogens (tertiary/aromatic N) is 3. The number of hydrogen-bond acceptors (Lipinski definition) is 5. The summed E-state index contributed by atoms with van der Waals surface area (Å²) in [6.07, 6.45) is 0.746. The largest absolute Gasteiger partial charge is 0.421 e. The van der Waals surface area contributed by atoms with E-state index in [1.807, 2.05) is 32.0 Å².